The molecule has 0 radical (unpaired) electrons. The molecular weight excluding hydrogens is 320 g/mol. The van der Waals surface area contributed by atoms with Crippen LogP contribution in [0, 0.1) is 34.6 Å². The molecule has 0 atom stereocenters. The number of allylic oxidation sites excluding steroid dienone is 1. The molecule has 0 saturated heterocycles. The Hall–Kier alpha value is -2.12. The maximum atomic E-state index is 2.43. The standard InChI is InChI=1S/C24H24S/c1-14-8-15(2)10-21(9-14)24-18(5)16(3)11-19-12-20(13-22(19)24)23-7-6-17(4)25-23/h6-11,13H,12H2,1-5H3. The molecule has 0 N–H and O–H groups in total. The topological polar surface area (TPSA) is 0 Å². The van der Waals surface area contributed by atoms with Crippen LogP contribution >= 0.6 is 11.3 Å². The molecule has 1 aliphatic rings. The van der Waals surface area contributed by atoms with Crippen LogP contribution in [0.1, 0.15) is 43.1 Å². The number of aryl methyl sites for hydroxylation is 4. The minimum absolute atomic E-state index is 1.05. The molecule has 2 aromatic carbocycles. The quantitative estimate of drug-likeness (QED) is 0.467. The van der Waals surface area contributed by atoms with Crippen LogP contribution in [0.2, 0.25) is 0 Å². The fourth-order valence-electron chi connectivity index (χ4n) is 4.01. The molecule has 0 aliphatic heterocycles. The molecule has 126 valence electrons. The average molecular weight is 345 g/mol. The second-order valence-electron chi connectivity index (χ2n) is 7.40. The van der Waals surface area contributed by atoms with E-state index in [1.54, 1.807) is 0 Å². The Morgan fingerprint density at radius 1 is 0.840 bits per heavy atom. The monoisotopic (exact) mass is 344 g/mol. The smallest absolute Gasteiger partial charge is 0.0308 e. The summed E-state index contributed by atoms with van der Waals surface area (Å²) in [6.45, 7) is 11.1. The highest BCUT2D eigenvalue weighted by Crippen LogP contribution is 2.42. The summed E-state index contributed by atoms with van der Waals surface area (Å²) < 4.78 is 0. The third-order valence-electron chi connectivity index (χ3n) is 5.24. The number of hydrogen-bond donors (Lipinski definition) is 0. The van der Waals surface area contributed by atoms with Crippen molar-refractivity contribution in [3.63, 3.8) is 0 Å². The molecule has 0 nitrogen and oxygen atoms in total. The third-order valence-corrected chi connectivity index (χ3v) is 6.32. The second kappa shape index (κ2) is 6.00. The van der Waals surface area contributed by atoms with E-state index < -0.39 is 0 Å². The predicted octanol–water partition coefficient (Wildman–Crippen LogP) is 7.05. The lowest BCUT2D eigenvalue weighted by atomic mass is 9.88. The number of thiophene rings is 1. The van der Waals surface area contributed by atoms with Gasteiger partial charge in [-0.2, -0.15) is 0 Å². The van der Waals surface area contributed by atoms with Gasteiger partial charge in [0.25, 0.3) is 0 Å². The van der Waals surface area contributed by atoms with Gasteiger partial charge in [0.05, 0.1) is 0 Å². The summed E-state index contributed by atoms with van der Waals surface area (Å²) in [4.78, 5) is 2.80. The van der Waals surface area contributed by atoms with E-state index in [4.69, 9.17) is 0 Å². The summed E-state index contributed by atoms with van der Waals surface area (Å²) in [5.41, 5.74) is 12.6. The van der Waals surface area contributed by atoms with Gasteiger partial charge in [0.1, 0.15) is 0 Å². The van der Waals surface area contributed by atoms with Gasteiger partial charge < -0.3 is 0 Å². The first kappa shape index (κ1) is 16.4. The summed E-state index contributed by atoms with van der Waals surface area (Å²) >= 11 is 1.90. The fourth-order valence-corrected chi connectivity index (χ4v) is 4.89. The summed E-state index contributed by atoms with van der Waals surface area (Å²) in [6, 6.07) is 13.8. The lowest BCUT2D eigenvalue weighted by Crippen LogP contribution is -1.96. The molecule has 25 heavy (non-hydrogen) atoms. The van der Waals surface area contributed by atoms with Gasteiger partial charge in [-0.3, -0.25) is 0 Å². The van der Waals surface area contributed by atoms with Gasteiger partial charge in [-0.15, -0.1) is 11.3 Å². The minimum Gasteiger partial charge on any atom is -0.141 e. The zero-order valence-electron chi connectivity index (χ0n) is 15.7. The highest BCUT2D eigenvalue weighted by molar-refractivity contribution is 7.13. The van der Waals surface area contributed by atoms with Gasteiger partial charge in [-0.25, -0.2) is 0 Å². The van der Waals surface area contributed by atoms with Gasteiger partial charge in [0, 0.05) is 9.75 Å². The number of benzene rings is 2. The Morgan fingerprint density at radius 2 is 1.56 bits per heavy atom. The predicted molar refractivity (Wildman–Crippen MR) is 111 cm³/mol. The SMILES string of the molecule is Cc1cc(C)cc(-c2c(C)c(C)cc3c2C=C(c2ccc(C)s2)C3)c1. The van der Waals surface area contributed by atoms with Crippen LogP contribution in [0.15, 0.2) is 36.4 Å². The third kappa shape index (κ3) is 2.87. The molecule has 3 aromatic rings. The first-order valence-electron chi connectivity index (χ1n) is 8.91. The average Bonchev–Trinajstić information content (AvgIpc) is 3.13. The molecule has 0 fully saturated rings. The van der Waals surface area contributed by atoms with Crippen molar-refractivity contribution in [3.8, 4) is 11.1 Å². The molecule has 0 saturated carbocycles. The van der Waals surface area contributed by atoms with E-state index in [-0.39, 0.29) is 0 Å². The van der Waals surface area contributed by atoms with Crippen LogP contribution in [0.5, 0.6) is 0 Å². The van der Waals surface area contributed by atoms with Crippen LogP contribution in [0.4, 0.5) is 0 Å². The first-order chi connectivity index (χ1) is 11.9. The van der Waals surface area contributed by atoms with Crippen molar-refractivity contribution in [2.45, 2.75) is 41.0 Å². The Morgan fingerprint density at radius 3 is 2.20 bits per heavy atom. The van der Waals surface area contributed by atoms with Crippen molar-refractivity contribution < 1.29 is 0 Å². The zero-order valence-corrected chi connectivity index (χ0v) is 16.5. The Labute approximate surface area is 154 Å². The van der Waals surface area contributed by atoms with Gasteiger partial charge >= 0.3 is 0 Å². The van der Waals surface area contributed by atoms with Crippen LogP contribution in [0.25, 0.3) is 22.8 Å². The molecule has 0 amide bonds. The summed E-state index contributed by atoms with van der Waals surface area (Å²) in [7, 11) is 0. The largest absolute Gasteiger partial charge is 0.141 e. The summed E-state index contributed by atoms with van der Waals surface area (Å²) in [6.07, 6.45) is 3.48. The number of fused-ring (bicyclic) bond motifs is 1. The van der Waals surface area contributed by atoms with Crippen molar-refractivity contribution in [2.24, 2.45) is 0 Å². The van der Waals surface area contributed by atoms with Crippen molar-refractivity contribution >= 4 is 23.0 Å². The van der Waals surface area contributed by atoms with E-state index in [1.807, 2.05) is 11.3 Å². The molecule has 1 aliphatic carbocycles. The summed E-state index contributed by atoms with van der Waals surface area (Å²) in [5, 5.41) is 0. The van der Waals surface area contributed by atoms with E-state index in [1.165, 1.54) is 59.8 Å². The number of rotatable bonds is 2. The Kier molecular flexibility index (Phi) is 3.92. The highest BCUT2D eigenvalue weighted by Gasteiger charge is 2.21. The van der Waals surface area contributed by atoms with Crippen molar-refractivity contribution in [1.82, 2.24) is 0 Å². The molecule has 0 spiro atoms. The van der Waals surface area contributed by atoms with Gasteiger partial charge in [-0.1, -0.05) is 35.4 Å². The molecule has 4 rings (SSSR count). The first-order valence-corrected chi connectivity index (χ1v) is 9.73. The van der Waals surface area contributed by atoms with Gasteiger partial charge in [0.2, 0.25) is 0 Å². The maximum Gasteiger partial charge on any atom is 0.0308 e. The second-order valence-corrected chi connectivity index (χ2v) is 8.69. The maximum absolute atomic E-state index is 2.43. The lowest BCUT2D eigenvalue weighted by Gasteiger charge is -2.16. The van der Waals surface area contributed by atoms with Crippen LogP contribution in [0.3, 0.4) is 0 Å². The molecule has 0 unspecified atom stereocenters. The van der Waals surface area contributed by atoms with Gasteiger partial charge in [-0.05, 0) is 98.2 Å². The van der Waals surface area contributed by atoms with E-state index in [2.05, 4.69) is 77.1 Å². The Balaban J connectivity index is 1.93. The van der Waals surface area contributed by atoms with E-state index >= 15 is 0 Å². The van der Waals surface area contributed by atoms with E-state index in [9.17, 15) is 0 Å². The molecule has 1 aromatic heterocycles. The lowest BCUT2D eigenvalue weighted by molar-refractivity contribution is 1.25. The van der Waals surface area contributed by atoms with E-state index in [0.29, 0.717) is 0 Å². The van der Waals surface area contributed by atoms with Crippen LogP contribution in [-0.4, -0.2) is 0 Å². The molecule has 1 heteroatoms. The zero-order chi connectivity index (χ0) is 17.7. The molecule has 0 bridgehead atoms. The minimum atomic E-state index is 1.05. The van der Waals surface area contributed by atoms with Crippen molar-refractivity contribution in [1.29, 1.82) is 0 Å². The molecule has 1 heterocycles. The number of hydrogen-bond acceptors (Lipinski definition) is 1. The van der Waals surface area contributed by atoms with Crippen molar-refractivity contribution in [2.75, 3.05) is 0 Å². The highest BCUT2D eigenvalue weighted by atomic mass is 32.1. The Bertz CT molecular complexity index is 995. The van der Waals surface area contributed by atoms with Crippen LogP contribution < -0.4 is 0 Å². The van der Waals surface area contributed by atoms with Crippen molar-refractivity contribution in [3.05, 3.63) is 79.5 Å². The fraction of sp³-hybridized carbons (Fsp3) is 0.250. The summed E-state index contributed by atoms with van der Waals surface area (Å²) in [5.74, 6) is 0. The normalized spacial score (nSPS) is 13.1. The van der Waals surface area contributed by atoms with E-state index in [0.717, 1.165) is 6.42 Å². The van der Waals surface area contributed by atoms with Crippen LogP contribution in [-0.2, 0) is 6.42 Å². The molecular formula is C24H24S. The van der Waals surface area contributed by atoms with Gasteiger partial charge in [0.15, 0.2) is 0 Å².